The van der Waals surface area contributed by atoms with E-state index in [0.29, 0.717) is 45.1 Å². The van der Waals surface area contributed by atoms with Crippen molar-refractivity contribution in [3.8, 4) is 0 Å². The molecule has 0 aliphatic carbocycles. The molecule has 13 heteroatoms. The van der Waals surface area contributed by atoms with Crippen molar-refractivity contribution in [2.45, 2.75) is 70.7 Å². The summed E-state index contributed by atoms with van der Waals surface area (Å²) in [5.74, 6) is -3.57. The van der Waals surface area contributed by atoms with Crippen LogP contribution in [0.15, 0.2) is 29.4 Å². The predicted octanol–water partition coefficient (Wildman–Crippen LogP) is 3.88. The summed E-state index contributed by atoms with van der Waals surface area (Å²) in [6, 6.07) is 5.03. The fraction of sp³-hybridized carbons (Fsp3) is 0.690. The number of ether oxygens (including phenoxy) is 2. The Bertz CT molecular complexity index is 1080. The zero-order valence-corrected chi connectivity index (χ0v) is 27.0. The van der Waals surface area contributed by atoms with Crippen LogP contribution in [0, 0.1) is 17.8 Å². The van der Waals surface area contributed by atoms with E-state index in [9.17, 15) is 24.3 Å². The van der Waals surface area contributed by atoms with E-state index in [4.69, 9.17) is 9.47 Å². The minimum atomic E-state index is -1.07. The number of carboxylic acids is 1. The van der Waals surface area contributed by atoms with E-state index < -0.39 is 35.4 Å². The zero-order chi connectivity index (χ0) is 31.0. The number of piperazine rings is 1. The summed E-state index contributed by atoms with van der Waals surface area (Å²) in [4.78, 5) is 62.2. The third kappa shape index (κ3) is 9.50. The number of nitrogens with zero attached hydrogens (tertiary/aromatic N) is 4. The zero-order valence-electron chi connectivity index (χ0n) is 25.4. The molecular formula is C29H44N4O7S2. The van der Waals surface area contributed by atoms with Crippen LogP contribution in [0.25, 0.3) is 0 Å². The molecule has 2 fully saturated rings. The molecule has 2 aliphatic heterocycles. The van der Waals surface area contributed by atoms with Crippen LogP contribution in [0.5, 0.6) is 0 Å². The van der Waals surface area contributed by atoms with Gasteiger partial charge in [0.25, 0.3) is 0 Å². The second kappa shape index (κ2) is 15.3. The third-order valence-electron chi connectivity index (χ3n) is 7.47. The number of pyridine rings is 1. The Balaban J connectivity index is 1.82. The summed E-state index contributed by atoms with van der Waals surface area (Å²) in [7, 11) is 2.90. The minimum absolute atomic E-state index is 0.103. The number of amides is 3. The van der Waals surface area contributed by atoms with Crippen LogP contribution in [0.2, 0.25) is 0 Å². The van der Waals surface area contributed by atoms with Gasteiger partial charge in [0, 0.05) is 56.1 Å². The molecule has 0 radical (unpaired) electrons. The number of hydrogen-bond donors (Lipinski definition) is 1. The molecule has 11 nitrogen and oxygen atoms in total. The van der Waals surface area contributed by atoms with Crippen molar-refractivity contribution in [3.05, 3.63) is 24.4 Å². The number of carbonyl (C=O) groups is 4. The Morgan fingerprint density at radius 3 is 2.31 bits per heavy atom. The van der Waals surface area contributed by atoms with Gasteiger partial charge in [-0.25, -0.2) is 9.78 Å². The molecule has 2 saturated heterocycles. The van der Waals surface area contributed by atoms with Crippen LogP contribution in [0.4, 0.5) is 4.79 Å². The van der Waals surface area contributed by atoms with Crippen LogP contribution in [0.3, 0.4) is 0 Å². The molecule has 0 bridgehead atoms. The number of morpholine rings is 1. The van der Waals surface area contributed by atoms with Crippen LogP contribution in [-0.2, 0) is 23.9 Å². The molecule has 0 saturated carbocycles. The van der Waals surface area contributed by atoms with Gasteiger partial charge >= 0.3 is 12.1 Å². The molecule has 42 heavy (non-hydrogen) atoms. The second-order valence-corrected chi connectivity index (χ2v) is 14.3. The molecule has 0 aromatic carbocycles. The van der Waals surface area contributed by atoms with E-state index >= 15 is 0 Å². The van der Waals surface area contributed by atoms with Gasteiger partial charge in [-0.1, -0.05) is 23.8 Å². The number of carbonyl (C=O) groups excluding carboxylic acids is 3. The highest BCUT2D eigenvalue weighted by atomic mass is 33.1. The maximum atomic E-state index is 14.2. The van der Waals surface area contributed by atoms with E-state index in [2.05, 4.69) is 4.98 Å². The van der Waals surface area contributed by atoms with Crippen molar-refractivity contribution in [3.63, 3.8) is 0 Å². The second-order valence-electron chi connectivity index (χ2n) is 12.0. The van der Waals surface area contributed by atoms with Gasteiger partial charge in [-0.3, -0.25) is 14.4 Å². The van der Waals surface area contributed by atoms with E-state index in [1.807, 2.05) is 52.8 Å². The number of rotatable bonds is 10. The topological polar surface area (TPSA) is 130 Å². The molecule has 2 aliphatic rings. The Kier molecular flexibility index (Phi) is 12.4. The normalized spacial score (nSPS) is 21.8. The van der Waals surface area contributed by atoms with Gasteiger partial charge in [0.05, 0.1) is 25.0 Å². The standard InChI is InChI=1S/C29H44N4O7S2/c1-19-17-33(28(38)40-29(4,5)6)20(2)16-32(19)25(34)22(18-41-42-24-9-7-8-10-30-24)15-23(21(3)27(36)37)26(35)31-11-13-39-14-12-31/h7-10,19-23H,11-18H2,1-6H3,(H,36,37). The van der Waals surface area contributed by atoms with Gasteiger partial charge in [0.15, 0.2) is 0 Å². The molecule has 3 heterocycles. The molecular weight excluding hydrogens is 580 g/mol. The SMILES string of the molecule is CC(C(=O)O)C(CC(CSSc1ccccn1)C(=O)N1CC(C)N(C(=O)OC(C)(C)C)CC1C)C(=O)N1CCOCC1. The number of carboxylic acid groups (broad SMARTS) is 1. The lowest BCUT2D eigenvalue weighted by atomic mass is 9.83. The van der Waals surface area contributed by atoms with E-state index in [1.54, 1.807) is 20.9 Å². The Morgan fingerprint density at radius 1 is 1.07 bits per heavy atom. The smallest absolute Gasteiger partial charge is 0.410 e. The minimum Gasteiger partial charge on any atom is -0.481 e. The van der Waals surface area contributed by atoms with Crippen molar-refractivity contribution < 1.29 is 33.8 Å². The van der Waals surface area contributed by atoms with Crippen molar-refractivity contribution >= 4 is 45.5 Å². The molecule has 1 aromatic rings. The van der Waals surface area contributed by atoms with Crippen molar-refractivity contribution in [1.82, 2.24) is 19.7 Å². The van der Waals surface area contributed by atoms with E-state index in [0.717, 1.165) is 5.03 Å². The molecule has 3 rings (SSSR count). The van der Waals surface area contributed by atoms with Gasteiger partial charge in [-0.2, -0.15) is 0 Å². The summed E-state index contributed by atoms with van der Waals surface area (Å²) >= 11 is 0. The highest BCUT2D eigenvalue weighted by Gasteiger charge is 2.42. The summed E-state index contributed by atoms with van der Waals surface area (Å²) in [5, 5.41) is 10.7. The van der Waals surface area contributed by atoms with Gasteiger partial charge in [-0.15, -0.1) is 0 Å². The lowest BCUT2D eigenvalue weighted by molar-refractivity contribution is -0.153. The predicted molar refractivity (Wildman–Crippen MR) is 162 cm³/mol. The van der Waals surface area contributed by atoms with Gasteiger partial charge < -0.3 is 29.3 Å². The lowest BCUT2D eigenvalue weighted by Crippen LogP contribution is -2.61. The first-order chi connectivity index (χ1) is 19.8. The first-order valence-electron chi connectivity index (χ1n) is 14.4. The Hall–Kier alpha value is -2.51. The molecule has 0 spiro atoms. The largest absolute Gasteiger partial charge is 0.481 e. The molecule has 1 aromatic heterocycles. The first kappa shape index (κ1) is 34.0. The van der Waals surface area contributed by atoms with Crippen LogP contribution >= 0.6 is 21.6 Å². The highest BCUT2D eigenvalue weighted by molar-refractivity contribution is 8.76. The quantitative estimate of drug-likeness (QED) is 0.383. The van der Waals surface area contributed by atoms with Gasteiger partial charge in [0.2, 0.25) is 11.8 Å². The summed E-state index contributed by atoms with van der Waals surface area (Å²) in [5.41, 5.74) is -0.635. The Labute approximate surface area is 256 Å². The fourth-order valence-corrected chi connectivity index (χ4v) is 7.30. The highest BCUT2D eigenvalue weighted by Crippen LogP contribution is 2.35. The van der Waals surface area contributed by atoms with Gasteiger partial charge in [-0.05, 0) is 64.0 Å². The maximum Gasteiger partial charge on any atom is 0.410 e. The Morgan fingerprint density at radius 2 is 1.71 bits per heavy atom. The molecule has 5 atom stereocenters. The number of aromatic nitrogens is 1. The average Bonchev–Trinajstić information content (AvgIpc) is 2.94. The molecule has 1 N–H and O–H groups in total. The van der Waals surface area contributed by atoms with Crippen LogP contribution < -0.4 is 0 Å². The molecule has 3 amide bonds. The fourth-order valence-electron chi connectivity index (χ4n) is 5.07. The van der Waals surface area contributed by atoms with Gasteiger partial charge in [0.1, 0.15) is 10.6 Å². The summed E-state index contributed by atoms with van der Waals surface area (Å²) in [6.45, 7) is 13.0. The van der Waals surface area contributed by atoms with E-state index in [-0.39, 0.29) is 30.3 Å². The summed E-state index contributed by atoms with van der Waals surface area (Å²) in [6.07, 6.45) is 1.38. The average molecular weight is 625 g/mol. The monoisotopic (exact) mass is 624 g/mol. The van der Waals surface area contributed by atoms with E-state index in [1.165, 1.54) is 28.5 Å². The first-order valence-corrected chi connectivity index (χ1v) is 16.7. The van der Waals surface area contributed by atoms with Crippen LogP contribution in [0.1, 0.15) is 48.0 Å². The van der Waals surface area contributed by atoms with Crippen molar-refractivity contribution in [2.24, 2.45) is 17.8 Å². The number of hydrogen-bond acceptors (Lipinski definition) is 9. The molecule has 5 unspecified atom stereocenters. The molecule has 234 valence electrons. The summed E-state index contributed by atoms with van der Waals surface area (Å²) < 4.78 is 11.0. The van der Waals surface area contributed by atoms with Crippen LogP contribution in [-0.4, -0.2) is 111 Å². The van der Waals surface area contributed by atoms with Crippen molar-refractivity contribution in [1.29, 1.82) is 0 Å². The third-order valence-corrected chi connectivity index (χ3v) is 9.81. The lowest BCUT2D eigenvalue weighted by Gasteiger charge is -2.45. The van der Waals surface area contributed by atoms with Crippen molar-refractivity contribution in [2.75, 3.05) is 45.1 Å². The maximum absolute atomic E-state index is 14.2. The number of aliphatic carboxylic acids is 1.